The highest BCUT2D eigenvalue weighted by molar-refractivity contribution is 5.74. The van der Waals surface area contributed by atoms with Crippen LogP contribution in [0.15, 0.2) is 23.5 Å². The van der Waals surface area contributed by atoms with E-state index in [0.717, 1.165) is 18.4 Å². The molecular formula is C42H64O15. The Hall–Kier alpha value is -1.73. The third kappa shape index (κ3) is 7.87. The van der Waals surface area contributed by atoms with E-state index in [0.29, 0.717) is 45.1 Å². The molecule has 57 heavy (non-hydrogen) atoms. The third-order valence-corrected chi connectivity index (χ3v) is 14.5. The second-order valence-electron chi connectivity index (χ2n) is 17.9. The molecule has 0 aromatic rings. The number of hydrogen-bond donors (Lipinski definition) is 2. The van der Waals surface area contributed by atoms with Gasteiger partial charge in [0.2, 0.25) is 5.79 Å². The number of esters is 1. The van der Waals surface area contributed by atoms with Crippen LogP contribution < -0.4 is 0 Å². The predicted molar refractivity (Wildman–Crippen MR) is 199 cm³/mol. The summed E-state index contributed by atoms with van der Waals surface area (Å²) in [5, 5.41) is 22.1. The fourth-order valence-corrected chi connectivity index (χ4v) is 11.3. The minimum absolute atomic E-state index is 0.000401. The normalized spacial score (nSPS) is 51.2. The van der Waals surface area contributed by atoms with Crippen LogP contribution in [0, 0.1) is 23.2 Å². The van der Waals surface area contributed by atoms with Crippen LogP contribution in [0.4, 0.5) is 0 Å². The van der Waals surface area contributed by atoms with Crippen LogP contribution in [0.3, 0.4) is 0 Å². The molecule has 20 atom stereocenters. The molecule has 0 spiro atoms. The zero-order valence-corrected chi connectivity index (χ0v) is 34.6. The van der Waals surface area contributed by atoms with Gasteiger partial charge in [-0.15, -0.1) is 0 Å². The lowest BCUT2D eigenvalue weighted by Gasteiger charge is -2.52. The molecule has 8 rings (SSSR count). The van der Waals surface area contributed by atoms with Gasteiger partial charge in [-0.1, -0.05) is 18.6 Å². The Labute approximate surface area is 335 Å². The maximum absolute atomic E-state index is 13.7. The number of hydrogen-bond acceptors (Lipinski definition) is 15. The van der Waals surface area contributed by atoms with Crippen molar-refractivity contribution in [3.8, 4) is 0 Å². The van der Waals surface area contributed by atoms with Gasteiger partial charge in [0.05, 0.1) is 73.5 Å². The molecule has 6 aliphatic heterocycles. The van der Waals surface area contributed by atoms with Crippen molar-refractivity contribution in [1.29, 1.82) is 0 Å². The zero-order valence-electron chi connectivity index (χ0n) is 34.6. The van der Waals surface area contributed by atoms with Crippen molar-refractivity contribution in [2.75, 3.05) is 27.9 Å². The Balaban J connectivity index is 0.876. The van der Waals surface area contributed by atoms with Gasteiger partial charge in [0.15, 0.2) is 18.9 Å². The maximum atomic E-state index is 13.7. The molecule has 8 aliphatic rings. The minimum Gasteiger partial charge on any atom is -0.469 e. The summed E-state index contributed by atoms with van der Waals surface area (Å²) in [6.45, 7) is 10.1. The van der Waals surface area contributed by atoms with Gasteiger partial charge in [0.1, 0.15) is 24.4 Å². The number of ether oxygens (including phenoxy) is 12. The SMILES string of the molecule is COC1CC(OC2C(C)OC(OC3C(C)OC(OC4CC5=CCC6C(=O)OC7COC8(C)OC=C(CCC6C5(C)CC4O)C78)CC3OC)CC2OC)OC(C)C1O. The van der Waals surface area contributed by atoms with Crippen LogP contribution in [0.1, 0.15) is 86.0 Å². The van der Waals surface area contributed by atoms with Crippen LogP contribution in [-0.4, -0.2) is 142 Å². The highest BCUT2D eigenvalue weighted by Crippen LogP contribution is 2.57. The highest BCUT2D eigenvalue weighted by atomic mass is 16.8. The van der Waals surface area contributed by atoms with Gasteiger partial charge in [-0.3, -0.25) is 4.79 Å². The Morgan fingerprint density at radius 2 is 1.39 bits per heavy atom. The summed E-state index contributed by atoms with van der Waals surface area (Å²) in [5.74, 6) is -1.37. The lowest BCUT2D eigenvalue weighted by atomic mass is 9.55. The van der Waals surface area contributed by atoms with Crippen molar-refractivity contribution >= 4 is 5.97 Å². The van der Waals surface area contributed by atoms with Gasteiger partial charge >= 0.3 is 5.97 Å². The average Bonchev–Trinajstić information content (AvgIpc) is 3.69. The smallest absolute Gasteiger partial charge is 0.309 e. The monoisotopic (exact) mass is 808 g/mol. The summed E-state index contributed by atoms with van der Waals surface area (Å²) >= 11 is 0. The number of fused-ring (bicyclic) bond motifs is 3. The van der Waals surface area contributed by atoms with E-state index in [2.05, 4.69) is 13.0 Å². The number of carbonyl (C=O) groups excluding carboxylic acids is 1. The number of methoxy groups -OCH3 is 3. The summed E-state index contributed by atoms with van der Waals surface area (Å²) in [7, 11) is 4.86. The molecule has 5 saturated heterocycles. The van der Waals surface area contributed by atoms with Crippen LogP contribution in [-0.2, 0) is 61.6 Å². The Bertz CT molecular complexity index is 1510. The molecule has 6 fully saturated rings. The van der Waals surface area contributed by atoms with Crippen molar-refractivity contribution < 1.29 is 71.8 Å². The molecule has 1 saturated carbocycles. The van der Waals surface area contributed by atoms with Crippen molar-refractivity contribution in [3.05, 3.63) is 23.5 Å². The van der Waals surface area contributed by atoms with Gasteiger partial charge in [-0.2, -0.15) is 0 Å². The number of carbonyl (C=O) groups is 1. The molecule has 0 amide bonds. The van der Waals surface area contributed by atoms with Gasteiger partial charge in [-0.25, -0.2) is 0 Å². The van der Waals surface area contributed by atoms with Crippen LogP contribution in [0.5, 0.6) is 0 Å². The standard InChI is InChI=1S/C42H64O15/c1-20-37(44)29(46-6)14-34(51-20)56-39-22(3)53-35(16-31(39)48-8)57-38-21(2)52-33(15-30(38)47-7)54-28-13-24-10-11-25-26(41(24,4)17-27(28)43)12-9-23-18-49-42(5)36(23)32(19-50-42)55-40(25)45/h10,18,20-22,25-39,43-44H,9,11-17,19H2,1-8H3. The molecule has 0 aromatic heterocycles. The highest BCUT2D eigenvalue weighted by Gasteiger charge is 2.59. The number of rotatable bonds is 9. The quantitative estimate of drug-likeness (QED) is 0.256. The summed E-state index contributed by atoms with van der Waals surface area (Å²) in [6.07, 6.45) is 0.929. The molecule has 15 heteroatoms. The molecule has 2 N–H and O–H groups in total. The van der Waals surface area contributed by atoms with Crippen LogP contribution in [0.25, 0.3) is 0 Å². The molecule has 322 valence electrons. The van der Waals surface area contributed by atoms with Gasteiger partial charge in [0.25, 0.3) is 0 Å². The van der Waals surface area contributed by atoms with Crippen molar-refractivity contribution in [2.45, 2.75) is 184 Å². The molecule has 0 aromatic carbocycles. The first-order valence-corrected chi connectivity index (χ1v) is 21.0. The topological polar surface area (TPSA) is 168 Å². The molecule has 2 aliphatic carbocycles. The summed E-state index contributed by atoms with van der Waals surface area (Å²) in [5.41, 5.74) is 1.95. The van der Waals surface area contributed by atoms with E-state index < -0.39 is 85.0 Å². The Kier molecular flexibility index (Phi) is 12.2. The van der Waals surface area contributed by atoms with E-state index in [1.807, 2.05) is 27.0 Å². The first-order valence-electron chi connectivity index (χ1n) is 21.0. The lowest BCUT2D eigenvalue weighted by Crippen LogP contribution is -2.57. The number of allylic oxidation sites excluding steroid dienone is 1. The second-order valence-corrected chi connectivity index (χ2v) is 17.9. The Morgan fingerprint density at radius 1 is 0.789 bits per heavy atom. The van der Waals surface area contributed by atoms with E-state index in [4.69, 9.17) is 56.8 Å². The van der Waals surface area contributed by atoms with E-state index in [-0.39, 0.29) is 42.0 Å². The van der Waals surface area contributed by atoms with E-state index in [1.54, 1.807) is 28.3 Å². The van der Waals surface area contributed by atoms with E-state index in [1.165, 1.54) is 5.57 Å². The van der Waals surface area contributed by atoms with Crippen molar-refractivity contribution in [1.82, 2.24) is 0 Å². The first-order chi connectivity index (χ1) is 27.2. The average molecular weight is 809 g/mol. The zero-order chi connectivity index (χ0) is 40.4. The predicted octanol–water partition coefficient (Wildman–Crippen LogP) is 3.66. The van der Waals surface area contributed by atoms with Crippen LogP contribution >= 0.6 is 0 Å². The second kappa shape index (κ2) is 16.6. The minimum atomic E-state index is -0.790. The fraction of sp³-hybridized carbons (Fsp3) is 0.881. The maximum Gasteiger partial charge on any atom is 0.309 e. The van der Waals surface area contributed by atoms with Gasteiger partial charge in [0, 0.05) is 47.5 Å². The largest absolute Gasteiger partial charge is 0.469 e. The third-order valence-electron chi connectivity index (χ3n) is 14.5. The molecule has 6 heterocycles. The number of aliphatic hydroxyl groups is 2. The van der Waals surface area contributed by atoms with Crippen molar-refractivity contribution in [2.24, 2.45) is 23.2 Å². The van der Waals surface area contributed by atoms with Gasteiger partial charge < -0.3 is 67.1 Å². The number of aliphatic hydroxyl groups excluding tert-OH is 2. The molecule has 15 nitrogen and oxygen atoms in total. The van der Waals surface area contributed by atoms with Crippen molar-refractivity contribution in [3.63, 3.8) is 0 Å². The molecule has 0 bridgehead atoms. The molecule has 20 unspecified atom stereocenters. The van der Waals surface area contributed by atoms with Crippen LogP contribution in [0.2, 0.25) is 0 Å². The summed E-state index contributed by atoms with van der Waals surface area (Å²) in [4.78, 5) is 13.7. The van der Waals surface area contributed by atoms with E-state index in [9.17, 15) is 15.0 Å². The molecular weight excluding hydrogens is 744 g/mol. The van der Waals surface area contributed by atoms with E-state index >= 15 is 0 Å². The Morgan fingerprint density at radius 3 is 2.02 bits per heavy atom. The fourth-order valence-electron chi connectivity index (χ4n) is 11.3. The summed E-state index contributed by atoms with van der Waals surface area (Å²) in [6, 6.07) is 0. The van der Waals surface area contributed by atoms with Gasteiger partial charge in [-0.05, 0) is 69.8 Å². The molecule has 0 radical (unpaired) electrons. The summed E-state index contributed by atoms with van der Waals surface area (Å²) < 4.78 is 73.7. The lowest BCUT2D eigenvalue weighted by molar-refractivity contribution is -0.339. The first kappa shape index (κ1) is 42.0.